The van der Waals surface area contributed by atoms with Crippen LogP contribution in [-0.2, 0) is 7.05 Å². The number of hydrogen-bond acceptors (Lipinski definition) is 27. The van der Waals surface area contributed by atoms with Crippen LogP contribution in [0.25, 0.3) is 0 Å². The number of thiophene rings is 2. The monoisotopic (exact) mass is 1110 g/mol. The number of rotatable bonds is 0. The summed E-state index contributed by atoms with van der Waals surface area (Å²) in [5.74, 6) is 0. The minimum Gasteiger partial charge on any atom is -0.452 e. The second kappa shape index (κ2) is 59.1. The van der Waals surface area contributed by atoms with Gasteiger partial charge in [0.25, 0.3) is 0 Å². The zero-order valence-electron chi connectivity index (χ0n) is 40.0. The molecular weight excluding hydrogens is 1060 g/mol. The molecule has 0 aromatic carbocycles. The van der Waals surface area contributed by atoms with E-state index in [1.165, 1.54) is 88.9 Å². The molecule has 31 heteroatoms. The summed E-state index contributed by atoms with van der Waals surface area (Å²) in [7, 11) is 1.94. The van der Waals surface area contributed by atoms with Crippen LogP contribution < -0.4 is 0 Å². The van der Waals surface area contributed by atoms with E-state index in [0.29, 0.717) is 0 Å². The molecule has 15 heterocycles. The number of H-pyrrole nitrogens is 3. The van der Waals surface area contributed by atoms with E-state index in [0.717, 1.165) is 0 Å². The summed E-state index contributed by atoms with van der Waals surface area (Å²) < 4.78 is 32.6. The van der Waals surface area contributed by atoms with E-state index >= 15 is 0 Å². The Bertz CT molecular complexity index is 1870. The normalized spacial score (nSPS) is 8.07. The molecule has 0 bridgehead atoms. The average Bonchev–Trinajstić information content (AvgIpc) is 4.35. The Morgan fingerprint density at radius 3 is 0.855 bits per heavy atom. The van der Waals surface area contributed by atoms with Crippen LogP contribution in [0.2, 0.25) is 0 Å². The minimum atomic E-state index is 1.26. The van der Waals surface area contributed by atoms with Gasteiger partial charge in [0, 0.05) is 79.8 Å². The first kappa shape index (κ1) is 63.8. The molecular formula is C45H50N20O7S4. The second-order valence-electron chi connectivity index (χ2n) is 10.9. The molecule has 396 valence electrons. The molecule has 3 N–H and O–H groups in total. The van der Waals surface area contributed by atoms with Crippen LogP contribution in [0.4, 0.5) is 0 Å². The number of hydrogen-bond donors (Lipinski definition) is 3. The lowest BCUT2D eigenvalue weighted by molar-refractivity contribution is 0.416. The molecule has 0 spiro atoms. The summed E-state index contributed by atoms with van der Waals surface area (Å²) in [5.41, 5.74) is 3.58. The number of aromatic nitrogens is 20. The van der Waals surface area contributed by atoms with Crippen LogP contribution in [-0.4, -0.2) is 99.8 Å². The van der Waals surface area contributed by atoms with E-state index in [-0.39, 0.29) is 0 Å². The van der Waals surface area contributed by atoms with Crippen molar-refractivity contribution in [1.29, 1.82) is 0 Å². The molecule has 0 aliphatic heterocycles. The molecule has 15 aromatic heterocycles. The third kappa shape index (κ3) is 56.3. The standard InChI is InChI=1S/C4H6N2.2C4H4S.3C3H4N2.4C3H3NO.2C3H3NS.3C2H2N2O/c1-6-3-2-5-4-6;2*1-2-4-5-3-1;9*1-2-5-3-4-1;1-3-4-2-5-1;2*1-3-2-5-4-1/h2-4H,1H3;2*1-4H;3*1-3H,(H,4,5);6*1-3H;3*1-2H. The van der Waals surface area contributed by atoms with Gasteiger partial charge in [-0.05, 0) is 21.5 Å². The maximum atomic E-state index is 4.47. The van der Waals surface area contributed by atoms with E-state index in [2.05, 4.69) is 126 Å². The first-order valence-corrected chi connectivity index (χ1v) is 24.3. The summed E-state index contributed by atoms with van der Waals surface area (Å²) in [6.45, 7) is 0. The lowest BCUT2D eigenvalue weighted by Crippen LogP contribution is -1.76. The largest absolute Gasteiger partial charge is 0.452 e. The van der Waals surface area contributed by atoms with E-state index in [1.807, 2.05) is 74.4 Å². The minimum absolute atomic E-state index is 1.26. The third-order valence-corrected chi connectivity index (χ3v) is 7.94. The zero-order chi connectivity index (χ0) is 53.9. The number of aryl methyl sites for hydroxylation is 1. The molecule has 0 atom stereocenters. The Balaban J connectivity index is 0.000000407. The molecule has 76 heavy (non-hydrogen) atoms. The SMILES string of the molecule is Cn1ccnc1.c1c[nH]cn1.c1c[nH]cn1.c1c[nH]cn1.c1ccsc1.c1ccsc1.c1cocn1.c1cocn1.c1cocn1.c1cocn1.c1cscn1.c1cscn1.c1ncon1.c1ncon1.c1nnco1. The summed E-state index contributed by atoms with van der Waals surface area (Å²) in [5, 5.41) is 25.1. The number of oxazole rings is 4. The number of nitrogens with one attached hydrogen (secondary N) is 3. The van der Waals surface area contributed by atoms with Gasteiger partial charge in [-0.25, -0.2) is 49.8 Å². The van der Waals surface area contributed by atoms with Gasteiger partial charge in [-0.1, -0.05) is 34.6 Å². The van der Waals surface area contributed by atoms with E-state index in [9.17, 15) is 0 Å². The first-order valence-electron chi connectivity index (χ1n) is 20.5. The van der Waals surface area contributed by atoms with E-state index < -0.39 is 0 Å². The first-order chi connectivity index (χ1) is 37.9. The van der Waals surface area contributed by atoms with Crippen LogP contribution in [0.5, 0.6) is 0 Å². The molecule has 0 saturated heterocycles. The highest BCUT2D eigenvalue weighted by molar-refractivity contribution is 7.08. The van der Waals surface area contributed by atoms with Crippen LogP contribution in [0.1, 0.15) is 0 Å². The summed E-state index contributed by atoms with van der Waals surface area (Å²) >= 11 is 6.63. The highest BCUT2D eigenvalue weighted by Gasteiger charge is 1.70. The molecule has 15 aromatic rings. The van der Waals surface area contributed by atoms with Crippen LogP contribution in [0, 0.1) is 0 Å². The third-order valence-electron chi connectivity index (χ3n) is 5.64. The van der Waals surface area contributed by atoms with E-state index in [1.54, 1.807) is 162 Å². The van der Waals surface area contributed by atoms with Crippen LogP contribution in [0.15, 0.2) is 300 Å². The smallest absolute Gasteiger partial charge is 0.213 e. The van der Waals surface area contributed by atoms with Crippen molar-refractivity contribution in [3.8, 4) is 0 Å². The van der Waals surface area contributed by atoms with Gasteiger partial charge < -0.3 is 50.7 Å². The fraction of sp³-hybridized carbons (Fsp3) is 0.0222. The quantitative estimate of drug-likeness (QED) is 0.127. The van der Waals surface area contributed by atoms with Gasteiger partial charge in [-0.3, -0.25) is 9.97 Å². The molecule has 0 aliphatic carbocycles. The average molecular weight is 1110 g/mol. The van der Waals surface area contributed by atoms with Crippen molar-refractivity contribution >= 4 is 45.3 Å². The number of aromatic amines is 3. The zero-order valence-corrected chi connectivity index (χ0v) is 43.3. The number of thiazole rings is 2. The molecule has 0 amide bonds. The molecule has 0 saturated carbocycles. The molecule has 0 fully saturated rings. The Hall–Kier alpha value is -10.2. The highest BCUT2D eigenvalue weighted by Crippen LogP contribution is 1.92. The predicted octanol–water partition coefficient (Wildman–Crippen LogP) is 10.3. The number of nitrogens with zero attached hydrogens (tertiary/aromatic N) is 17. The molecule has 15 rings (SSSR count). The van der Waals surface area contributed by atoms with Crippen molar-refractivity contribution in [3.63, 3.8) is 0 Å². The number of imidazole rings is 4. The van der Waals surface area contributed by atoms with Gasteiger partial charge in [0.05, 0.1) is 61.1 Å². The molecule has 27 nitrogen and oxygen atoms in total. The summed E-state index contributed by atoms with van der Waals surface area (Å²) in [6.07, 6.45) is 49.8. The lowest BCUT2D eigenvalue weighted by Gasteiger charge is -1.76. The van der Waals surface area contributed by atoms with Crippen LogP contribution in [0.3, 0.4) is 0 Å². The fourth-order valence-corrected chi connectivity index (χ4v) is 4.50. The van der Waals surface area contributed by atoms with Crippen molar-refractivity contribution in [3.05, 3.63) is 268 Å². The molecule has 0 aliphatic rings. The summed E-state index contributed by atoms with van der Waals surface area (Å²) in [6, 6.07) is 8.07. The van der Waals surface area contributed by atoms with Crippen molar-refractivity contribution in [2.45, 2.75) is 0 Å². The van der Waals surface area contributed by atoms with Crippen molar-refractivity contribution in [1.82, 2.24) is 99.8 Å². The van der Waals surface area contributed by atoms with Crippen molar-refractivity contribution < 1.29 is 31.1 Å². The van der Waals surface area contributed by atoms with Gasteiger partial charge >= 0.3 is 0 Å². The predicted molar refractivity (Wildman–Crippen MR) is 281 cm³/mol. The second-order valence-corrected chi connectivity index (χ2v) is 14.0. The van der Waals surface area contributed by atoms with Gasteiger partial charge in [0.1, 0.15) is 25.1 Å². The lowest BCUT2D eigenvalue weighted by atomic mass is 10.7. The Morgan fingerprint density at radius 1 is 0.355 bits per heavy atom. The maximum Gasteiger partial charge on any atom is 0.213 e. The van der Waals surface area contributed by atoms with Gasteiger partial charge in [0.2, 0.25) is 25.6 Å². The molecule has 0 unspecified atom stereocenters. The van der Waals surface area contributed by atoms with Crippen molar-refractivity contribution in [2.75, 3.05) is 0 Å². The van der Waals surface area contributed by atoms with Gasteiger partial charge in [-0.2, -0.15) is 22.7 Å². The Labute approximate surface area is 449 Å². The Morgan fingerprint density at radius 2 is 0.763 bits per heavy atom. The maximum absolute atomic E-state index is 4.47. The molecule has 0 radical (unpaired) electrons. The van der Waals surface area contributed by atoms with Gasteiger partial charge in [-0.15, -0.1) is 32.9 Å². The topological polar surface area (TPSA) is 351 Å². The van der Waals surface area contributed by atoms with E-state index in [4.69, 9.17) is 0 Å². The summed E-state index contributed by atoms with van der Waals surface area (Å²) in [4.78, 5) is 51.6. The highest BCUT2D eigenvalue weighted by atomic mass is 32.1. The van der Waals surface area contributed by atoms with Crippen molar-refractivity contribution in [2.24, 2.45) is 7.05 Å². The fourth-order valence-electron chi connectivity index (χ4n) is 2.89. The van der Waals surface area contributed by atoms with Crippen LogP contribution >= 0.6 is 45.3 Å². The van der Waals surface area contributed by atoms with Gasteiger partial charge in [0.15, 0.2) is 38.2 Å². The Kier molecular flexibility index (Phi) is 49.6.